The summed E-state index contributed by atoms with van der Waals surface area (Å²) in [5, 5.41) is 6.60. The standard InChI is InChI=1S/C47H29N3O/c1-3-13-31(14-4-1)45-48-46(32-15-5-2-6-16-32)50-47(49-45)42-29-41-39-25-24-37(28-43(39)51-44(41)40-21-10-9-20-38(40)42)35-19-11-18-34(27-35)36-23-22-30-12-7-8-17-33(30)26-36/h1-29H. The Morgan fingerprint density at radius 2 is 0.863 bits per heavy atom. The Morgan fingerprint density at radius 1 is 0.314 bits per heavy atom. The molecule has 51 heavy (non-hydrogen) atoms. The van der Waals surface area contributed by atoms with Crippen LogP contribution in [0.2, 0.25) is 0 Å². The first-order valence-corrected chi connectivity index (χ1v) is 17.1. The highest BCUT2D eigenvalue weighted by atomic mass is 16.3. The first-order chi connectivity index (χ1) is 25.2. The molecule has 10 rings (SSSR count). The van der Waals surface area contributed by atoms with Gasteiger partial charge in [0.05, 0.1) is 0 Å². The molecule has 0 aliphatic carbocycles. The summed E-state index contributed by atoms with van der Waals surface area (Å²) in [6.07, 6.45) is 0. The summed E-state index contributed by atoms with van der Waals surface area (Å²) < 4.78 is 6.71. The van der Waals surface area contributed by atoms with Gasteiger partial charge in [-0.2, -0.15) is 0 Å². The molecule has 0 radical (unpaired) electrons. The maximum absolute atomic E-state index is 6.71. The molecule has 4 nitrogen and oxygen atoms in total. The second kappa shape index (κ2) is 11.9. The predicted molar refractivity (Wildman–Crippen MR) is 209 cm³/mol. The first-order valence-electron chi connectivity index (χ1n) is 17.1. The zero-order valence-electron chi connectivity index (χ0n) is 27.5. The van der Waals surface area contributed by atoms with E-state index in [1.54, 1.807) is 0 Å². The number of aromatic nitrogens is 3. The number of nitrogens with zero attached hydrogens (tertiary/aromatic N) is 3. The van der Waals surface area contributed by atoms with Gasteiger partial charge in [0.2, 0.25) is 0 Å². The van der Waals surface area contributed by atoms with Gasteiger partial charge in [-0.15, -0.1) is 0 Å². The zero-order valence-corrected chi connectivity index (χ0v) is 27.5. The number of fused-ring (bicyclic) bond motifs is 6. The van der Waals surface area contributed by atoms with E-state index in [9.17, 15) is 0 Å². The average molecular weight is 652 g/mol. The van der Waals surface area contributed by atoms with Crippen LogP contribution in [-0.2, 0) is 0 Å². The van der Waals surface area contributed by atoms with Crippen molar-refractivity contribution in [1.29, 1.82) is 0 Å². The normalized spacial score (nSPS) is 11.5. The van der Waals surface area contributed by atoms with Crippen molar-refractivity contribution in [1.82, 2.24) is 15.0 Å². The van der Waals surface area contributed by atoms with Crippen molar-refractivity contribution in [2.45, 2.75) is 0 Å². The molecule has 0 saturated heterocycles. The highest BCUT2D eigenvalue weighted by Crippen LogP contribution is 2.41. The fourth-order valence-corrected chi connectivity index (χ4v) is 7.14. The van der Waals surface area contributed by atoms with Crippen LogP contribution >= 0.6 is 0 Å². The lowest BCUT2D eigenvalue weighted by Gasteiger charge is -2.11. The van der Waals surface area contributed by atoms with E-state index >= 15 is 0 Å². The lowest BCUT2D eigenvalue weighted by molar-refractivity contribution is 0.673. The van der Waals surface area contributed by atoms with Gasteiger partial charge in [-0.1, -0.05) is 146 Å². The lowest BCUT2D eigenvalue weighted by Crippen LogP contribution is -2.00. The van der Waals surface area contributed by atoms with Crippen LogP contribution in [0.3, 0.4) is 0 Å². The van der Waals surface area contributed by atoms with E-state index in [2.05, 4.69) is 115 Å². The fraction of sp³-hybridized carbons (Fsp3) is 0. The summed E-state index contributed by atoms with van der Waals surface area (Å²) >= 11 is 0. The van der Waals surface area contributed by atoms with E-state index in [1.165, 1.54) is 21.9 Å². The lowest BCUT2D eigenvalue weighted by atomic mass is 9.96. The monoisotopic (exact) mass is 651 g/mol. The molecule has 0 saturated carbocycles. The predicted octanol–water partition coefficient (Wildman–Crippen LogP) is 12.4. The smallest absolute Gasteiger partial charge is 0.164 e. The van der Waals surface area contributed by atoms with Gasteiger partial charge in [-0.05, 0) is 68.7 Å². The summed E-state index contributed by atoms with van der Waals surface area (Å²) in [6, 6.07) is 61.1. The Hall–Kier alpha value is -6.91. The van der Waals surface area contributed by atoms with Crippen LogP contribution in [0.25, 0.3) is 99.9 Å². The third-order valence-electron chi connectivity index (χ3n) is 9.70. The third-order valence-corrected chi connectivity index (χ3v) is 9.70. The van der Waals surface area contributed by atoms with Crippen LogP contribution in [0.15, 0.2) is 180 Å². The minimum atomic E-state index is 0.622. The second-order valence-corrected chi connectivity index (χ2v) is 12.8. The number of benzene rings is 8. The number of rotatable bonds is 5. The highest BCUT2D eigenvalue weighted by molar-refractivity contribution is 6.19. The van der Waals surface area contributed by atoms with Crippen molar-refractivity contribution < 1.29 is 4.42 Å². The molecule has 8 aromatic carbocycles. The molecule has 10 aromatic rings. The van der Waals surface area contributed by atoms with Gasteiger partial charge in [-0.3, -0.25) is 0 Å². The molecule has 2 heterocycles. The van der Waals surface area contributed by atoms with Crippen LogP contribution < -0.4 is 0 Å². The maximum Gasteiger partial charge on any atom is 0.164 e. The van der Waals surface area contributed by atoms with Crippen LogP contribution in [0, 0.1) is 0 Å². The van der Waals surface area contributed by atoms with E-state index < -0.39 is 0 Å². The minimum Gasteiger partial charge on any atom is -0.455 e. The molecule has 0 unspecified atom stereocenters. The van der Waals surface area contributed by atoms with E-state index in [0.717, 1.165) is 60.5 Å². The summed E-state index contributed by atoms with van der Waals surface area (Å²) in [6.45, 7) is 0. The highest BCUT2D eigenvalue weighted by Gasteiger charge is 2.19. The van der Waals surface area contributed by atoms with Crippen molar-refractivity contribution >= 4 is 43.5 Å². The van der Waals surface area contributed by atoms with Gasteiger partial charge in [0, 0.05) is 32.8 Å². The Kier molecular flexibility index (Phi) is 6.78. The van der Waals surface area contributed by atoms with Gasteiger partial charge in [-0.25, -0.2) is 15.0 Å². The van der Waals surface area contributed by atoms with Crippen LogP contribution in [0.1, 0.15) is 0 Å². The Labute approximate surface area is 294 Å². The van der Waals surface area contributed by atoms with Gasteiger partial charge in [0.15, 0.2) is 17.5 Å². The molecule has 4 heteroatoms. The largest absolute Gasteiger partial charge is 0.455 e. The Morgan fingerprint density at radius 3 is 1.59 bits per heavy atom. The molecular formula is C47H29N3O. The summed E-state index contributed by atoms with van der Waals surface area (Å²) in [7, 11) is 0. The summed E-state index contributed by atoms with van der Waals surface area (Å²) in [4.78, 5) is 15.1. The van der Waals surface area contributed by atoms with Gasteiger partial charge >= 0.3 is 0 Å². The van der Waals surface area contributed by atoms with Crippen molar-refractivity contribution in [3.05, 3.63) is 176 Å². The number of furan rings is 1. The third kappa shape index (κ3) is 5.13. The SMILES string of the molecule is c1ccc(-c2nc(-c3ccccc3)nc(-c3cc4c5ccc(-c6cccc(-c7ccc8ccccc8c7)c6)cc5oc4c4ccccc34)n2)cc1. The van der Waals surface area contributed by atoms with Crippen molar-refractivity contribution in [3.8, 4) is 56.4 Å². The molecule has 0 atom stereocenters. The topological polar surface area (TPSA) is 51.8 Å². The maximum atomic E-state index is 6.71. The van der Waals surface area contributed by atoms with Crippen molar-refractivity contribution in [2.24, 2.45) is 0 Å². The molecule has 238 valence electrons. The first kappa shape index (κ1) is 29.0. The molecule has 2 aromatic heterocycles. The molecule has 0 aliphatic rings. The van der Waals surface area contributed by atoms with Gasteiger partial charge < -0.3 is 4.42 Å². The van der Waals surface area contributed by atoms with Crippen LogP contribution in [-0.4, -0.2) is 15.0 Å². The summed E-state index contributed by atoms with van der Waals surface area (Å²) in [5.41, 5.74) is 9.13. The van der Waals surface area contributed by atoms with E-state index in [0.29, 0.717) is 17.5 Å². The van der Waals surface area contributed by atoms with Crippen LogP contribution in [0.5, 0.6) is 0 Å². The number of hydrogen-bond acceptors (Lipinski definition) is 4. The number of hydrogen-bond donors (Lipinski definition) is 0. The average Bonchev–Trinajstić information content (AvgIpc) is 3.59. The molecule has 0 amide bonds. The summed E-state index contributed by atoms with van der Waals surface area (Å²) in [5.74, 6) is 1.89. The van der Waals surface area contributed by atoms with E-state index in [1.807, 2.05) is 60.7 Å². The van der Waals surface area contributed by atoms with E-state index in [4.69, 9.17) is 19.4 Å². The van der Waals surface area contributed by atoms with Gasteiger partial charge in [0.1, 0.15) is 11.2 Å². The zero-order chi connectivity index (χ0) is 33.7. The molecular weight excluding hydrogens is 623 g/mol. The van der Waals surface area contributed by atoms with Gasteiger partial charge in [0.25, 0.3) is 0 Å². The van der Waals surface area contributed by atoms with Crippen molar-refractivity contribution in [2.75, 3.05) is 0 Å². The quantitative estimate of drug-likeness (QED) is 0.186. The van der Waals surface area contributed by atoms with Crippen molar-refractivity contribution in [3.63, 3.8) is 0 Å². The molecule has 0 aliphatic heterocycles. The molecule has 0 spiro atoms. The van der Waals surface area contributed by atoms with E-state index in [-0.39, 0.29) is 0 Å². The molecule has 0 bridgehead atoms. The Bertz CT molecular complexity index is 2860. The molecule has 0 N–H and O–H groups in total. The Balaban J connectivity index is 1.13. The molecule has 0 fully saturated rings. The fourth-order valence-electron chi connectivity index (χ4n) is 7.14. The second-order valence-electron chi connectivity index (χ2n) is 12.8. The minimum absolute atomic E-state index is 0.622. The van der Waals surface area contributed by atoms with Crippen LogP contribution in [0.4, 0.5) is 0 Å².